The van der Waals surface area contributed by atoms with Gasteiger partial charge in [0.1, 0.15) is 12.7 Å². The molecule has 2 aromatic carbocycles. The van der Waals surface area contributed by atoms with E-state index in [0.29, 0.717) is 29.6 Å². The smallest absolute Gasteiger partial charge is 0.161 e. The monoisotopic (exact) mass is 355 g/mol. The molecule has 3 rings (SSSR count). The Morgan fingerprint density at radius 2 is 2.04 bits per heavy atom. The fourth-order valence-corrected chi connectivity index (χ4v) is 3.38. The minimum Gasteiger partial charge on any atom is -0.493 e. The number of carbonyl (C=O) groups is 1. The first-order valence-electron chi connectivity index (χ1n) is 8.84. The molecule has 26 heavy (non-hydrogen) atoms. The summed E-state index contributed by atoms with van der Waals surface area (Å²) in [5.41, 5.74) is 3.06. The molecule has 1 N–H and O–H groups in total. The van der Waals surface area contributed by atoms with Gasteiger partial charge in [-0.3, -0.25) is 4.79 Å². The lowest BCUT2D eigenvalue weighted by Gasteiger charge is -2.27. The highest BCUT2D eigenvalue weighted by molar-refractivity contribution is 5.94. The van der Waals surface area contributed by atoms with Crippen LogP contribution >= 0.6 is 0 Å². The van der Waals surface area contributed by atoms with Gasteiger partial charge in [-0.1, -0.05) is 18.2 Å². The Bertz CT molecular complexity index is 789. The van der Waals surface area contributed by atoms with E-state index < -0.39 is 6.10 Å². The maximum atomic E-state index is 11.5. The van der Waals surface area contributed by atoms with E-state index in [1.165, 1.54) is 25.3 Å². The molecule has 5 heteroatoms. The van der Waals surface area contributed by atoms with Crippen LogP contribution in [0.3, 0.4) is 0 Å². The zero-order valence-electron chi connectivity index (χ0n) is 15.4. The SMILES string of the molecule is COc1cc(C(C)=O)ccc1OC[C@@H](O)CN1c2ccccc2C[C@H]1C. The molecule has 0 spiro atoms. The van der Waals surface area contributed by atoms with Gasteiger partial charge < -0.3 is 19.5 Å². The fraction of sp³-hybridized carbons (Fsp3) is 0.381. The van der Waals surface area contributed by atoms with Gasteiger partial charge in [0.25, 0.3) is 0 Å². The van der Waals surface area contributed by atoms with E-state index in [2.05, 4.69) is 24.0 Å². The summed E-state index contributed by atoms with van der Waals surface area (Å²) in [4.78, 5) is 13.7. The van der Waals surface area contributed by atoms with Crippen LogP contribution in [0.2, 0.25) is 0 Å². The fourth-order valence-electron chi connectivity index (χ4n) is 3.38. The molecule has 0 aliphatic carbocycles. The number of ether oxygens (including phenoxy) is 2. The Morgan fingerprint density at radius 1 is 1.27 bits per heavy atom. The first-order chi connectivity index (χ1) is 12.5. The molecule has 0 amide bonds. The molecule has 1 aliphatic heterocycles. The largest absolute Gasteiger partial charge is 0.493 e. The molecule has 138 valence electrons. The Kier molecular flexibility index (Phi) is 5.47. The number of anilines is 1. The van der Waals surface area contributed by atoms with Gasteiger partial charge in [-0.25, -0.2) is 0 Å². The number of carbonyl (C=O) groups excluding carboxylic acids is 1. The molecule has 5 nitrogen and oxygen atoms in total. The highest BCUT2D eigenvalue weighted by Gasteiger charge is 2.27. The van der Waals surface area contributed by atoms with Gasteiger partial charge in [-0.2, -0.15) is 0 Å². The molecule has 2 atom stereocenters. The first kappa shape index (κ1) is 18.3. The van der Waals surface area contributed by atoms with Gasteiger partial charge in [0, 0.05) is 23.8 Å². The molecule has 0 bridgehead atoms. The number of benzene rings is 2. The third kappa shape index (κ3) is 3.83. The van der Waals surface area contributed by atoms with Crippen molar-refractivity contribution in [1.29, 1.82) is 0 Å². The first-order valence-corrected chi connectivity index (χ1v) is 8.84. The number of aliphatic hydroxyl groups is 1. The second-order valence-electron chi connectivity index (χ2n) is 6.72. The summed E-state index contributed by atoms with van der Waals surface area (Å²) in [5.74, 6) is 0.979. The number of Topliss-reactive ketones (excluding diaryl/α,β-unsaturated/α-hetero) is 1. The maximum absolute atomic E-state index is 11.5. The van der Waals surface area contributed by atoms with E-state index in [4.69, 9.17) is 9.47 Å². The second-order valence-corrected chi connectivity index (χ2v) is 6.72. The average molecular weight is 355 g/mol. The van der Waals surface area contributed by atoms with E-state index in [0.717, 1.165) is 6.42 Å². The van der Waals surface area contributed by atoms with Gasteiger partial charge >= 0.3 is 0 Å². The third-order valence-electron chi connectivity index (χ3n) is 4.76. The maximum Gasteiger partial charge on any atom is 0.161 e. The lowest BCUT2D eigenvalue weighted by molar-refractivity contribution is 0.101. The number of nitrogens with zero attached hydrogens (tertiary/aromatic N) is 1. The number of hydrogen-bond acceptors (Lipinski definition) is 5. The summed E-state index contributed by atoms with van der Waals surface area (Å²) in [6.45, 7) is 4.33. The van der Waals surface area contributed by atoms with Gasteiger partial charge in [-0.15, -0.1) is 0 Å². The predicted octanol–water partition coefficient (Wildman–Crippen LogP) is 3.09. The molecule has 0 fully saturated rings. The number of hydrogen-bond donors (Lipinski definition) is 1. The van der Waals surface area contributed by atoms with Crippen LogP contribution in [0.4, 0.5) is 5.69 Å². The highest BCUT2D eigenvalue weighted by Crippen LogP contribution is 2.32. The Balaban J connectivity index is 1.63. The molecule has 2 aromatic rings. The molecule has 0 radical (unpaired) electrons. The second kappa shape index (κ2) is 7.79. The van der Waals surface area contributed by atoms with Crippen LogP contribution in [-0.2, 0) is 6.42 Å². The number of aliphatic hydroxyl groups excluding tert-OH is 1. The third-order valence-corrected chi connectivity index (χ3v) is 4.76. The summed E-state index contributed by atoms with van der Waals surface area (Å²) in [5, 5.41) is 10.5. The normalized spacial score (nSPS) is 16.9. The van der Waals surface area contributed by atoms with Crippen molar-refractivity contribution in [1.82, 2.24) is 0 Å². The van der Waals surface area contributed by atoms with Crippen molar-refractivity contribution in [3.63, 3.8) is 0 Å². The minimum absolute atomic E-state index is 0.0310. The molecule has 1 aliphatic rings. The van der Waals surface area contributed by atoms with E-state index >= 15 is 0 Å². The Labute approximate surface area is 154 Å². The molecular formula is C21H25NO4. The summed E-state index contributed by atoms with van der Waals surface area (Å²) in [7, 11) is 1.53. The van der Waals surface area contributed by atoms with Gasteiger partial charge in [0.2, 0.25) is 0 Å². The van der Waals surface area contributed by atoms with Crippen molar-refractivity contribution in [2.24, 2.45) is 0 Å². The van der Waals surface area contributed by atoms with Crippen LogP contribution in [-0.4, -0.2) is 43.3 Å². The van der Waals surface area contributed by atoms with Crippen LogP contribution in [0.25, 0.3) is 0 Å². The van der Waals surface area contributed by atoms with E-state index in [-0.39, 0.29) is 12.4 Å². The molecular weight excluding hydrogens is 330 g/mol. The molecule has 0 saturated carbocycles. The van der Waals surface area contributed by atoms with Gasteiger partial charge in [-0.05, 0) is 50.1 Å². The van der Waals surface area contributed by atoms with Crippen molar-refractivity contribution < 1.29 is 19.4 Å². The zero-order chi connectivity index (χ0) is 18.7. The number of para-hydroxylation sites is 1. The van der Waals surface area contributed by atoms with Gasteiger partial charge in [0.15, 0.2) is 17.3 Å². The number of β-amino-alcohol motifs (C(OH)–C–C–N with tert-alkyl or cyclic N) is 1. The van der Waals surface area contributed by atoms with Crippen molar-refractivity contribution in [3.8, 4) is 11.5 Å². The molecule has 1 heterocycles. The van der Waals surface area contributed by atoms with Crippen molar-refractivity contribution in [3.05, 3.63) is 53.6 Å². The van der Waals surface area contributed by atoms with Crippen molar-refractivity contribution in [2.45, 2.75) is 32.4 Å². The van der Waals surface area contributed by atoms with Crippen molar-refractivity contribution >= 4 is 11.5 Å². The number of ketones is 1. The van der Waals surface area contributed by atoms with Crippen molar-refractivity contribution in [2.75, 3.05) is 25.2 Å². The lowest BCUT2D eigenvalue weighted by Crippen LogP contribution is -2.39. The quantitative estimate of drug-likeness (QED) is 0.774. The van der Waals surface area contributed by atoms with Crippen LogP contribution in [0, 0.1) is 0 Å². The molecule has 0 unspecified atom stereocenters. The highest BCUT2D eigenvalue weighted by atomic mass is 16.5. The van der Waals surface area contributed by atoms with Crippen LogP contribution in [0.5, 0.6) is 11.5 Å². The summed E-state index contributed by atoms with van der Waals surface area (Å²) in [6, 6.07) is 13.7. The molecule has 0 saturated heterocycles. The number of methoxy groups -OCH3 is 1. The number of fused-ring (bicyclic) bond motifs is 1. The Morgan fingerprint density at radius 3 is 2.77 bits per heavy atom. The van der Waals surface area contributed by atoms with Crippen LogP contribution < -0.4 is 14.4 Å². The average Bonchev–Trinajstić information content (AvgIpc) is 2.95. The zero-order valence-corrected chi connectivity index (χ0v) is 15.4. The minimum atomic E-state index is -0.638. The summed E-state index contributed by atoms with van der Waals surface area (Å²) in [6.07, 6.45) is 0.352. The van der Waals surface area contributed by atoms with E-state index in [1.807, 2.05) is 12.1 Å². The number of rotatable bonds is 7. The van der Waals surface area contributed by atoms with E-state index in [9.17, 15) is 9.90 Å². The molecule has 0 aromatic heterocycles. The predicted molar refractivity (Wildman–Crippen MR) is 101 cm³/mol. The summed E-state index contributed by atoms with van der Waals surface area (Å²) < 4.78 is 11.0. The lowest BCUT2D eigenvalue weighted by atomic mass is 10.1. The summed E-state index contributed by atoms with van der Waals surface area (Å²) >= 11 is 0. The van der Waals surface area contributed by atoms with E-state index in [1.54, 1.807) is 18.2 Å². The van der Waals surface area contributed by atoms with Crippen LogP contribution in [0.1, 0.15) is 29.8 Å². The Hall–Kier alpha value is -2.53. The standard InChI is InChI=1S/C21H25NO4/c1-14-10-17-6-4-5-7-19(17)22(14)12-18(24)13-26-20-9-8-16(15(2)23)11-21(20)25-3/h4-9,11,14,18,24H,10,12-13H2,1-3H3/t14-,18+/m1/s1. The van der Waals surface area contributed by atoms with Gasteiger partial charge in [0.05, 0.1) is 7.11 Å². The topological polar surface area (TPSA) is 59.0 Å². The van der Waals surface area contributed by atoms with Crippen LogP contribution in [0.15, 0.2) is 42.5 Å².